The predicted molar refractivity (Wildman–Crippen MR) is 102 cm³/mol. The average Bonchev–Trinajstić information content (AvgIpc) is 2.94. The Hall–Kier alpha value is -1.18. The van der Waals surface area contributed by atoms with E-state index in [-0.39, 0.29) is 0 Å². The zero-order valence-corrected chi connectivity index (χ0v) is 16.4. The molecule has 1 aliphatic rings. The largest absolute Gasteiger partial charge is 0.356 e. The van der Waals surface area contributed by atoms with Gasteiger partial charge < -0.3 is 10.2 Å². The smallest absolute Gasteiger partial charge is 0.189 e. The van der Waals surface area contributed by atoms with E-state index in [1.807, 2.05) is 18.5 Å². The van der Waals surface area contributed by atoms with Crippen LogP contribution in [0.3, 0.4) is 0 Å². The van der Waals surface area contributed by atoms with E-state index in [1.54, 1.807) is 23.1 Å². The van der Waals surface area contributed by atoms with Crippen molar-refractivity contribution in [2.45, 2.75) is 50.9 Å². The van der Waals surface area contributed by atoms with Gasteiger partial charge in [0.2, 0.25) is 0 Å². The van der Waals surface area contributed by atoms with Crippen LogP contribution in [-0.2, 0) is 0 Å². The van der Waals surface area contributed by atoms with E-state index in [9.17, 15) is 0 Å². The number of rotatable bonds is 5. The molecule has 0 bridgehead atoms. The quantitative estimate of drug-likeness (QED) is 0.647. The summed E-state index contributed by atoms with van der Waals surface area (Å²) in [5.74, 6) is 1.05. The molecule has 1 N–H and O–H groups in total. The first-order chi connectivity index (χ1) is 11.6. The van der Waals surface area contributed by atoms with Crippen molar-refractivity contribution >= 4 is 28.9 Å². The summed E-state index contributed by atoms with van der Waals surface area (Å²) in [6, 6.07) is 2.87. The second-order valence-electron chi connectivity index (χ2n) is 6.23. The molecule has 5 nitrogen and oxygen atoms in total. The SMILES string of the molecule is CSc1nccc(N2CCC(NC(C)c3nc(C)sc3C)CC2)n1. The Balaban J connectivity index is 1.56. The summed E-state index contributed by atoms with van der Waals surface area (Å²) in [7, 11) is 0. The number of thiazole rings is 1. The number of hydrogen-bond donors (Lipinski definition) is 1. The van der Waals surface area contributed by atoms with E-state index >= 15 is 0 Å². The minimum atomic E-state index is 0.314. The Morgan fingerprint density at radius 1 is 1.29 bits per heavy atom. The Labute approximate surface area is 152 Å². The molecular formula is C17H25N5S2. The zero-order valence-electron chi connectivity index (χ0n) is 14.7. The van der Waals surface area contributed by atoms with Crippen LogP contribution in [-0.4, -0.2) is 40.3 Å². The molecule has 3 heterocycles. The van der Waals surface area contributed by atoms with Gasteiger partial charge in [-0.3, -0.25) is 0 Å². The molecule has 0 amide bonds. The molecule has 3 rings (SSSR count). The Kier molecular flexibility index (Phi) is 5.73. The van der Waals surface area contributed by atoms with Crippen LogP contribution in [0.1, 0.15) is 41.4 Å². The zero-order chi connectivity index (χ0) is 17.1. The van der Waals surface area contributed by atoms with Crippen molar-refractivity contribution in [1.29, 1.82) is 0 Å². The molecule has 130 valence electrons. The fourth-order valence-electron chi connectivity index (χ4n) is 3.26. The van der Waals surface area contributed by atoms with Crippen LogP contribution in [0.4, 0.5) is 5.82 Å². The predicted octanol–water partition coefficient (Wildman–Crippen LogP) is 3.59. The van der Waals surface area contributed by atoms with Crippen LogP contribution in [0.25, 0.3) is 0 Å². The molecule has 1 saturated heterocycles. The highest BCUT2D eigenvalue weighted by molar-refractivity contribution is 7.98. The van der Waals surface area contributed by atoms with Crippen LogP contribution in [0, 0.1) is 13.8 Å². The maximum Gasteiger partial charge on any atom is 0.189 e. The summed E-state index contributed by atoms with van der Waals surface area (Å²) in [5.41, 5.74) is 1.21. The molecule has 24 heavy (non-hydrogen) atoms. The molecule has 2 aromatic rings. The monoisotopic (exact) mass is 363 g/mol. The molecule has 7 heteroatoms. The number of aromatic nitrogens is 3. The Bertz CT molecular complexity index is 679. The van der Waals surface area contributed by atoms with Crippen LogP contribution in [0.15, 0.2) is 17.4 Å². The second kappa shape index (κ2) is 7.80. The molecule has 1 atom stereocenters. The first-order valence-corrected chi connectivity index (χ1v) is 10.4. The van der Waals surface area contributed by atoms with Gasteiger partial charge in [0.25, 0.3) is 0 Å². The average molecular weight is 364 g/mol. The fourth-order valence-corrected chi connectivity index (χ4v) is 4.53. The summed E-state index contributed by atoms with van der Waals surface area (Å²) >= 11 is 3.37. The van der Waals surface area contributed by atoms with E-state index in [2.05, 4.69) is 45.9 Å². The summed E-state index contributed by atoms with van der Waals surface area (Å²) in [6.07, 6.45) is 6.13. The van der Waals surface area contributed by atoms with Crippen molar-refractivity contribution in [3.05, 3.63) is 27.8 Å². The molecule has 0 spiro atoms. The first kappa shape index (κ1) is 17.6. The van der Waals surface area contributed by atoms with E-state index in [4.69, 9.17) is 0 Å². The number of nitrogens with one attached hydrogen (secondary N) is 1. The van der Waals surface area contributed by atoms with Gasteiger partial charge in [-0.2, -0.15) is 0 Å². The Morgan fingerprint density at radius 2 is 2.04 bits per heavy atom. The minimum Gasteiger partial charge on any atom is -0.356 e. The van der Waals surface area contributed by atoms with Crippen LogP contribution >= 0.6 is 23.1 Å². The molecule has 0 aliphatic carbocycles. The molecule has 1 aliphatic heterocycles. The van der Waals surface area contributed by atoms with Gasteiger partial charge in [0.05, 0.1) is 10.7 Å². The van der Waals surface area contributed by atoms with Crippen LogP contribution in [0.2, 0.25) is 0 Å². The van der Waals surface area contributed by atoms with Crippen molar-refractivity contribution in [1.82, 2.24) is 20.3 Å². The highest BCUT2D eigenvalue weighted by atomic mass is 32.2. The van der Waals surface area contributed by atoms with Crippen molar-refractivity contribution in [3.63, 3.8) is 0 Å². The molecule has 0 radical (unpaired) electrons. The van der Waals surface area contributed by atoms with Gasteiger partial charge in [0.1, 0.15) is 5.82 Å². The lowest BCUT2D eigenvalue weighted by molar-refractivity contribution is 0.376. The van der Waals surface area contributed by atoms with E-state index in [0.29, 0.717) is 12.1 Å². The summed E-state index contributed by atoms with van der Waals surface area (Å²) in [4.78, 5) is 17.2. The van der Waals surface area contributed by atoms with Crippen LogP contribution in [0.5, 0.6) is 0 Å². The number of aryl methyl sites for hydroxylation is 2. The Morgan fingerprint density at radius 3 is 2.67 bits per heavy atom. The fraction of sp³-hybridized carbons (Fsp3) is 0.588. The van der Waals surface area contributed by atoms with Gasteiger partial charge in [-0.05, 0) is 45.9 Å². The van der Waals surface area contributed by atoms with Gasteiger partial charge in [0, 0.05) is 36.2 Å². The van der Waals surface area contributed by atoms with Crippen LogP contribution < -0.4 is 10.2 Å². The van der Waals surface area contributed by atoms with Gasteiger partial charge in [-0.25, -0.2) is 15.0 Å². The van der Waals surface area contributed by atoms with Gasteiger partial charge in [-0.15, -0.1) is 11.3 Å². The normalized spacial score (nSPS) is 17.2. The lowest BCUT2D eigenvalue weighted by Crippen LogP contribution is -2.43. The molecule has 2 aromatic heterocycles. The second-order valence-corrected chi connectivity index (χ2v) is 8.41. The van der Waals surface area contributed by atoms with E-state index < -0.39 is 0 Å². The standard InChI is InChI=1S/C17H25N5S2/c1-11(16-12(2)24-13(3)20-16)19-14-6-9-22(10-7-14)15-5-8-18-17(21-15)23-4/h5,8,11,14,19H,6-7,9-10H2,1-4H3. The number of nitrogens with zero attached hydrogens (tertiary/aromatic N) is 4. The van der Waals surface area contributed by atoms with Crippen molar-refractivity contribution in [2.75, 3.05) is 24.2 Å². The van der Waals surface area contributed by atoms with E-state index in [0.717, 1.165) is 41.9 Å². The molecular weight excluding hydrogens is 338 g/mol. The van der Waals surface area contributed by atoms with Gasteiger partial charge >= 0.3 is 0 Å². The van der Waals surface area contributed by atoms with Crippen molar-refractivity contribution in [3.8, 4) is 0 Å². The number of piperidine rings is 1. The van der Waals surface area contributed by atoms with E-state index in [1.165, 1.54) is 10.6 Å². The summed E-state index contributed by atoms with van der Waals surface area (Å²) in [5, 5.41) is 5.76. The maximum atomic E-state index is 4.68. The van der Waals surface area contributed by atoms with Gasteiger partial charge in [-0.1, -0.05) is 11.8 Å². The highest BCUT2D eigenvalue weighted by Crippen LogP contribution is 2.25. The lowest BCUT2D eigenvalue weighted by Gasteiger charge is -2.34. The summed E-state index contributed by atoms with van der Waals surface area (Å²) < 4.78 is 0. The topological polar surface area (TPSA) is 53.9 Å². The third-order valence-electron chi connectivity index (χ3n) is 4.46. The number of thioether (sulfide) groups is 1. The third kappa shape index (κ3) is 4.07. The molecule has 0 aromatic carbocycles. The molecule has 1 unspecified atom stereocenters. The first-order valence-electron chi connectivity index (χ1n) is 8.38. The van der Waals surface area contributed by atoms with Gasteiger partial charge in [0.15, 0.2) is 5.16 Å². The van der Waals surface area contributed by atoms with Crippen molar-refractivity contribution < 1.29 is 0 Å². The number of anilines is 1. The minimum absolute atomic E-state index is 0.314. The highest BCUT2D eigenvalue weighted by Gasteiger charge is 2.23. The lowest BCUT2D eigenvalue weighted by atomic mass is 10.0. The maximum absolute atomic E-state index is 4.68. The third-order valence-corrected chi connectivity index (χ3v) is 5.92. The summed E-state index contributed by atoms with van der Waals surface area (Å²) in [6.45, 7) is 8.54. The molecule has 1 fully saturated rings. The number of hydrogen-bond acceptors (Lipinski definition) is 7. The molecule has 0 saturated carbocycles. The van der Waals surface area contributed by atoms with Crippen molar-refractivity contribution in [2.24, 2.45) is 0 Å².